The molecule has 2 unspecified atom stereocenters. The van der Waals surface area contributed by atoms with Crippen LogP contribution in [0.4, 0.5) is 14.6 Å². The number of piperazine rings is 1. The number of allylic oxidation sites excluding steroid dienone is 4. The normalized spacial score (nSPS) is 25.0. The molecule has 1 aromatic carbocycles. The van der Waals surface area contributed by atoms with Gasteiger partial charge in [0, 0.05) is 29.6 Å². The second kappa shape index (κ2) is 8.28. The van der Waals surface area contributed by atoms with Crippen LogP contribution in [0.25, 0.3) is 16.5 Å². The van der Waals surface area contributed by atoms with E-state index in [1.54, 1.807) is 12.2 Å². The van der Waals surface area contributed by atoms with Crippen molar-refractivity contribution in [3.63, 3.8) is 0 Å². The molecule has 2 aliphatic heterocycles. The van der Waals surface area contributed by atoms with Crippen molar-refractivity contribution in [2.45, 2.75) is 50.6 Å². The van der Waals surface area contributed by atoms with Crippen LogP contribution in [0.5, 0.6) is 6.01 Å². The summed E-state index contributed by atoms with van der Waals surface area (Å²) in [6.45, 7) is 13.3. The van der Waals surface area contributed by atoms with Crippen molar-refractivity contribution in [3.8, 4) is 6.01 Å². The zero-order chi connectivity index (χ0) is 23.1. The summed E-state index contributed by atoms with van der Waals surface area (Å²) >= 11 is 0. The molecule has 1 N–H and O–H groups in total. The monoisotopic (exact) mass is 440 g/mol. The number of rotatable bonds is 7. The summed E-state index contributed by atoms with van der Waals surface area (Å²) in [4.78, 5) is 10.9. The fourth-order valence-corrected chi connectivity index (χ4v) is 5.08. The predicted octanol–water partition coefficient (Wildman–Crippen LogP) is 5.17. The van der Waals surface area contributed by atoms with Crippen molar-refractivity contribution in [1.29, 1.82) is 0 Å². The quantitative estimate of drug-likeness (QED) is 0.602. The molecule has 2 aliphatic rings. The predicted molar refractivity (Wildman–Crippen MR) is 125 cm³/mol. The molecule has 5 nitrogen and oxygen atoms in total. The first kappa shape index (κ1) is 22.4. The first-order chi connectivity index (χ1) is 15.2. The first-order valence-electron chi connectivity index (χ1n) is 10.9. The molecule has 32 heavy (non-hydrogen) atoms. The van der Waals surface area contributed by atoms with Gasteiger partial charge >= 0.3 is 6.01 Å². The Labute approximate surface area is 187 Å². The molecule has 0 spiro atoms. The van der Waals surface area contributed by atoms with E-state index in [0.717, 1.165) is 12.8 Å². The molecule has 0 aliphatic carbocycles. The number of hydrogen-bond acceptors (Lipinski definition) is 5. The molecule has 2 saturated heterocycles. The van der Waals surface area contributed by atoms with Gasteiger partial charge in [0.1, 0.15) is 17.2 Å². The molecule has 2 aromatic rings. The highest BCUT2D eigenvalue weighted by Crippen LogP contribution is 2.41. The van der Waals surface area contributed by atoms with Gasteiger partial charge in [0.05, 0.1) is 12.7 Å². The van der Waals surface area contributed by atoms with Gasteiger partial charge in [0.2, 0.25) is 0 Å². The molecule has 2 atom stereocenters. The molecule has 0 saturated carbocycles. The number of halogens is 2. The van der Waals surface area contributed by atoms with E-state index in [9.17, 15) is 0 Å². The lowest BCUT2D eigenvalue weighted by Crippen LogP contribution is -2.63. The van der Waals surface area contributed by atoms with Gasteiger partial charge in [0.15, 0.2) is 5.82 Å². The van der Waals surface area contributed by atoms with Crippen molar-refractivity contribution in [2.75, 3.05) is 25.1 Å². The number of nitrogens with zero attached hydrogens (tertiary/aromatic N) is 3. The van der Waals surface area contributed by atoms with Gasteiger partial charge in [-0.15, -0.1) is 0 Å². The maximum Gasteiger partial charge on any atom is 0.318 e. The summed E-state index contributed by atoms with van der Waals surface area (Å²) in [6.07, 6.45) is 8.45. The van der Waals surface area contributed by atoms with Crippen LogP contribution in [0.2, 0.25) is 0 Å². The smallest absolute Gasteiger partial charge is 0.318 e. The summed E-state index contributed by atoms with van der Waals surface area (Å²) in [7, 11) is 1.45. The van der Waals surface area contributed by atoms with E-state index in [1.165, 1.54) is 13.2 Å². The highest BCUT2D eigenvalue weighted by Gasteiger charge is 2.48. The summed E-state index contributed by atoms with van der Waals surface area (Å²) < 4.78 is 36.1. The summed E-state index contributed by atoms with van der Waals surface area (Å²) in [5.74, 6) is -0.884. The average molecular weight is 441 g/mol. The Morgan fingerprint density at radius 2 is 1.94 bits per heavy atom. The van der Waals surface area contributed by atoms with Crippen LogP contribution >= 0.6 is 0 Å². The van der Waals surface area contributed by atoms with E-state index >= 15 is 8.78 Å². The van der Waals surface area contributed by atoms with Crippen LogP contribution in [-0.2, 0) is 0 Å². The van der Waals surface area contributed by atoms with E-state index < -0.39 is 11.6 Å². The molecule has 1 aromatic heterocycles. The fraction of sp³-hybridized carbons (Fsp3) is 0.440. The Balaban J connectivity index is 1.79. The lowest BCUT2D eigenvalue weighted by molar-refractivity contribution is 0.281. The minimum Gasteiger partial charge on any atom is -0.467 e. The number of aromatic nitrogens is 2. The van der Waals surface area contributed by atoms with Crippen molar-refractivity contribution >= 4 is 22.3 Å². The Kier molecular flexibility index (Phi) is 5.79. The maximum absolute atomic E-state index is 15.6. The number of nitrogens with one attached hydrogen (secondary N) is 1. The zero-order valence-corrected chi connectivity index (χ0v) is 19.0. The first-order valence-corrected chi connectivity index (χ1v) is 10.9. The molecular formula is C25H30F2N4O. The topological polar surface area (TPSA) is 50.3 Å². The van der Waals surface area contributed by atoms with Crippen LogP contribution in [-0.4, -0.2) is 41.2 Å². The molecule has 2 bridgehead atoms. The SMILES string of the molecule is C=C/C=C\CCC(=C)c1c(F)cc2c(N3CC4(C)CCC(C)(C3)N4)nc(OC)nc2c1F. The van der Waals surface area contributed by atoms with Crippen LogP contribution < -0.4 is 15.0 Å². The summed E-state index contributed by atoms with van der Waals surface area (Å²) in [5.41, 5.74) is 0.140. The van der Waals surface area contributed by atoms with Crippen molar-refractivity contribution < 1.29 is 13.5 Å². The standard InChI is InChI=1S/C25H30F2N4O/c1-6-7-8-9-10-16(2)19-18(26)13-17-21(20(19)27)28-23(32-5)29-22(17)31-14-24(3)11-12-25(4,15-31)30-24/h6-8,13,30H,1-2,9-12,14-15H2,3-5H3/b8-7-. The zero-order valence-electron chi connectivity index (χ0n) is 19.0. The Morgan fingerprint density at radius 1 is 1.25 bits per heavy atom. The van der Waals surface area contributed by atoms with E-state index in [-0.39, 0.29) is 28.2 Å². The van der Waals surface area contributed by atoms with E-state index in [1.807, 2.05) is 6.08 Å². The number of ether oxygens (including phenoxy) is 1. The summed E-state index contributed by atoms with van der Waals surface area (Å²) in [6, 6.07) is 1.40. The third-order valence-electron chi connectivity index (χ3n) is 6.47. The molecule has 0 amide bonds. The average Bonchev–Trinajstić information content (AvgIpc) is 2.97. The molecule has 0 radical (unpaired) electrons. The van der Waals surface area contributed by atoms with E-state index in [2.05, 4.69) is 47.2 Å². The Hall–Kier alpha value is -2.80. The van der Waals surface area contributed by atoms with Crippen LogP contribution in [0.15, 0.2) is 37.5 Å². The Bertz CT molecular complexity index is 1100. The highest BCUT2D eigenvalue weighted by atomic mass is 19.1. The van der Waals surface area contributed by atoms with Crippen LogP contribution in [0.3, 0.4) is 0 Å². The van der Waals surface area contributed by atoms with Gasteiger partial charge in [-0.3, -0.25) is 0 Å². The maximum atomic E-state index is 15.6. The number of anilines is 1. The van der Waals surface area contributed by atoms with Gasteiger partial charge in [-0.25, -0.2) is 8.78 Å². The van der Waals surface area contributed by atoms with Gasteiger partial charge in [0.25, 0.3) is 0 Å². The van der Waals surface area contributed by atoms with Gasteiger partial charge in [-0.05, 0) is 51.2 Å². The lowest BCUT2D eigenvalue weighted by atomic mass is 9.97. The molecule has 4 rings (SSSR count). The number of methoxy groups -OCH3 is 1. The molecule has 7 heteroatoms. The van der Waals surface area contributed by atoms with Gasteiger partial charge in [-0.2, -0.15) is 9.97 Å². The molecule has 3 heterocycles. The van der Waals surface area contributed by atoms with E-state index in [0.29, 0.717) is 42.7 Å². The van der Waals surface area contributed by atoms with Crippen LogP contribution in [0, 0.1) is 11.6 Å². The van der Waals surface area contributed by atoms with Crippen molar-refractivity contribution in [1.82, 2.24) is 15.3 Å². The third-order valence-corrected chi connectivity index (χ3v) is 6.47. The fourth-order valence-electron chi connectivity index (χ4n) is 5.08. The highest BCUT2D eigenvalue weighted by molar-refractivity contribution is 5.93. The summed E-state index contributed by atoms with van der Waals surface area (Å²) in [5, 5.41) is 4.05. The minimum absolute atomic E-state index is 0.0484. The number of fused-ring (bicyclic) bond motifs is 3. The van der Waals surface area contributed by atoms with Gasteiger partial charge in [-0.1, -0.05) is 31.4 Å². The second-order valence-corrected chi connectivity index (χ2v) is 9.39. The third kappa shape index (κ3) is 4.01. The van der Waals surface area contributed by atoms with Crippen LogP contribution in [0.1, 0.15) is 45.1 Å². The largest absolute Gasteiger partial charge is 0.467 e. The van der Waals surface area contributed by atoms with Crippen molar-refractivity contribution in [2.24, 2.45) is 0 Å². The van der Waals surface area contributed by atoms with Gasteiger partial charge < -0.3 is 15.0 Å². The second-order valence-electron chi connectivity index (χ2n) is 9.39. The molecular weight excluding hydrogens is 410 g/mol. The Morgan fingerprint density at radius 3 is 2.56 bits per heavy atom. The molecule has 170 valence electrons. The lowest BCUT2D eigenvalue weighted by Gasteiger charge is -2.44. The minimum atomic E-state index is -0.727. The number of benzene rings is 1. The van der Waals surface area contributed by atoms with Crippen molar-refractivity contribution in [3.05, 3.63) is 54.7 Å². The van der Waals surface area contributed by atoms with E-state index in [4.69, 9.17) is 4.74 Å². The number of hydrogen-bond donors (Lipinski definition) is 1. The molecule has 2 fully saturated rings.